The molecule has 2 saturated carbocycles. The van der Waals surface area contributed by atoms with Crippen molar-refractivity contribution in [3.63, 3.8) is 0 Å². The molecule has 2 aliphatic carbocycles. The molecule has 51 heavy (non-hydrogen) atoms. The number of hydrogen-bond acceptors (Lipinski definition) is 8. The van der Waals surface area contributed by atoms with Crippen LogP contribution in [0.15, 0.2) is 60.7 Å². The minimum Gasteiger partial charge on any atom is -0.444 e. The van der Waals surface area contributed by atoms with Gasteiger partial charge in [0.25, 0.3) is 5.91 Å². The van der Waals surface area contributed by atoms with Gasteiger partial charge in [0.2, 0.25) is 21.8 Å². The van der Waals surface area contributed by atoms with E-state index < -0.39 is 68.2 Å². The lowest BCUT2D eigenvalue weighted by Gasteiger charge is -2.28. The molecule has 1 unspecified atom stereocenters. The van der Waals surface area contributed by atoms with Crippen LogP contribution in [0.2, 0.25) is 5.02 Å². The van der Waals surface area contributed by atoms with E-state index in [1.165, 1.54) is 9.80 Å². The number of ether oxygens (including phenoxy) is 1. The minimum atomic E-state index is -4.10. The monoisotopic (exact) mass is 737 g/mol. The summed E-state index contributed by atoms with van der Waals surface area (Å²) < 4.78 is 34.6. The van der Waals surface area contributed by atoms with Gasteiger partial charge in [-0.2, -0.15) is 0 Å². The highest BCUT2D eigenvalue weighted by Gasteiger charge is 2.63. The number of benzene rings is 2. The third kappa shape index (κ3) is 7.12. The predicted molar refractivity (Wildman–Crippen MR) is 189 cm³/mol. The standard InChI is InChI=1S/C37H44ClN5O7S/c38-29-14-9-12-25-21-42(23-28(25)29)35(47)50-27-18-31-32(44)40-37(20-26(37)13-7-2-1-3-8-15-30(39)33(45)43(31)22-27)34(46)41-51(48,49)36(16-17-36)19-24-10-5-4-6-11-24/h4-7,9-14,26-27,30-31H,1-3,8,15-23,39H2,(H,40,44)(H,41,46)/t26-,27-,30?,31+,37-/m1/s1. The summed E-state index contributed by atoms with van der Waals surface area (Å²) in [5, 5.41) is 3.43. The average Bonchev–Trinajstić information content (AvgIpc) is 3.92. The molecule has 5 atom stereocenters. The van der Waals surface area contributed by atoms with Gasteiger partial charge in [-0.3, -0.25) is 24.0 Å². The van der Waals surface area contributed by atoms with Crippen LogP contribution in [0, 0.1) is 5.92 Å². The Bertz CT molecular complexity index is 1850. The van der Waals surface area contributed by atoms with Gasteiger partial charge in [0.05, 0.1) is 23.9 Å². The normalized spacial score (nSPS) is 28.7. The second-order valence-electron chi connectivity index (χ2n) is 14.7. The largest absolute Gasteiger partial charge is 0.444 e. The number of carbonyl (C=O) groups is 4. The molecule has 4 amide bonds. The van der Waals surface area contributed by atoms with Gasteiger partial charge < -0.3 is 20.7 Å². The number of fused-ring (bicyclic) bond motifs is 3. The van der Waals surface area contributed by atoms with Crippen molar-refractivity contribution < 1.29 is 32.3 Å². The molecule has 272 valence electrons. The highest BCUT2D eigenvalue weighted by molar-refractivity contribution is 7.91. The number of nitrogens with two attached hydrogens (primary N) is 1. The molecule has 7 rings (SSSR count). The molecular formula is C37H44ClN5O7S. The molecular weight excluding hydrogens is 694 g/mol. The molecule has 4 N–H and O–H groups in total. The lowest BCUT2D eigenvalue weighted by atomic mass is 10.1. The number of allylic oxidation sites excluding steroid dienone is 1. The van der Waals surface area contributed by atoms with Gasteiger partial charge in [-0.1, -0.05) is 79.1 Å². The maximum absolute atomic E-state index is 14.2. The zero-order valence-corrected chi connectivity index (χ0v) is 30.0. The van der Waals surface area contributed by atoms with Crippen molar-refractivity contribution in [1.29, 1.82) is 0 Å². The molecule has 3 aliphatic heterocycles. The van der Waals surface area contributed by atoms with E-state index in [0.717, 1.165) is 42.4 Å². The van der Waals surface area contributed by atoms with Gasteiger partial charge in [0, 0.05) is 23.9 Å². The minimum absolute atomic E-state index is 0.00569. The van der Waals surface area contributed by atoms with E-state index in [0.29, 0.717) is 30.8 Å². The Balaban J connectivity index is 1.09. The van der Waals surface area contributed by atoms with Crippen molar-refractivity contribution in [3.8, 4) is 0 Å². The Morgan fingerprint density at radius 1 is 1.04 bits per heavy atom. The smallest absolute Gasteiger partial charge is 0.410 e. The first-order chi connectivity index (χ1) is 24.4. The number of rotatable bonds is 6. The van der Waals surface area contributed by atoms with Crippen molar-refractivity contribution in [2.24, 2.45) is 11.7 Å². The van der Waals surface area contributed by atoms with E-state index in [1.807, 2.05) is 54.6 Å². The molecule has 3 heterocycles. The molecule has 0 radical (unpaired) electrons. The highest BCUT2D eigenvalue weighted by atomic mass is 35.5. The third-order valence-corrected chi connectivity index (χ3v) is 13.6. The van der Waals surface area contributed by atoms with Crippen LogP contribution in [0.1, 0.15) is 74.5 Å². The molecule has 0 aromatic heterocycles. The molecule has 14 heteroatoms. The van der Waals surface area contributed by atoms with E-state index in [4.69, 9.17) is 22.1 Å². The summed E-state index contributed by atoms with van der Waals surface area (Å²) >= 11 is 6.35. The number of amides is 4. The molecule has 2 aromatic rings. The lowest BCUT2D eigenvalue weighted by Crippen LogP contribution is -2.58. The van der Waals surface area contributed by atoms with E-state index in [1.54, 1.807) is 6.07 Å². The van der Waals surface area contributed by atoms with Crippen molar-refractivity contribution in [2.45, 2.75) is 106 Å². The maximum atomic E-state index is 14.2. The van der Waals surface area contributed by atoms with Gasteiger partial charge in [0.1, 0.15) is 17.7 Å². The Kier molecular flexibility index (Phi) is 9.66. The number of halogens is 1. The van der Waals surface area contributed by atoms with Gasteiger partial charge in [-0.05, 0) is 67.7 Å². The number of nitrogens with zero attached hydrogens (tertiary/aromatic N) is 2. The quantitative estimate of drug-likeness (QED) is 0.377. The van der Waals surface area contributed by atoms with Crippen molar-refractivity contribution in [1.82, 2.24) is 19.8 Å². The fourth-order valence-electron chi connectivity index (χ4n) is 7.76. The zero-order valence-electron chi connectivity index (χ0n) is 28.4. The first-order valence-corrected chi connectivity index (χ1v) is 19.6. The maximum Gasteiger partial charge on any atom is 0.410 e. The summed E-state index contributed by atoms with van der Waals surface area (Å²) in [4.78, 5) is 58.1. The summed E-state index contributed by atoms with van der Waals surface area (Å²) in [6.45, 7) is 0.553. The number of hydrogen-bond donors (Lipinski definition) is 3. The van der Waals surface area contributed by atoms with Gasteiger partial charge >= 0.3 is 6.09 Å². The molecule has 0 spiro atoms. The molecule has 12 nitrogen and oxygen atoms in total. The average molecular weight is 738 g/mol. The molecule has 1 saturated heterocycles. The Morgan fingerprint density at radius 2 is 1.82 bits per heavy atom. The third-order valence-electron chi connectivity index (χ3n) is 11.1. The van der Waals surface area contributed by atoms with Gasteiger partial charge in [-0.25, -0.2) is 13.2 Å². The van der Waals surface area contributed by atoms with Crippen LogP contribution in [0.5, 0.6) is 0 Å². The van der Waals surface area contributed by atoms with Gasteiger partial charge in [0.15, 0.2) is 0 Å². The summed E-state index contributed by atoms with van der Waals surface area (Å²) in [7, 11) is -4.10. The first-order valence-electron chi connectivity index (χ1n) is 17.8. The van der Waals surface area contributed by atoms with Gasteiger partial charge in [-0.15, -0.1) is 0 Å². The van der Waals surface area contributed by atoms with E-state index in [-0.39, 0.29) is 32.4 Å². The first kappa shape index (κ1) is 35.5. The van der Waals surface area contributed by atoms with Crippen molar-refractivity contribution in [3.05, 3.63) is 82.4 Å². The number of carbonyl (C=O) groups excluding carboxylic acids is 4. The summed E-state index contributed by atoms with van der Waals surface area (Å²) in [5.74, 6) is -2.29. The zero-order chi connectivity index (χ0) is 36.0. The topological polar surface area (TPSA) is 168 Å². The van der Waals surface area contributed by atoms with Crippen molar-refractivity contribution >= 4 is 45.4 Å². The Hall–Kier alpha value is -3.94. The van der Waals surface area contributed by atoms with Crippen LogP contribution in [0.3, 0.4) is 0 Å². The number of nitrogens with one attached hydrogen (secondary N) is 2. The van der Waals surface area contributed by atoms with Crippen LogP contribution >= 0.6 is 11.6 Å². The van der Waals surface area contributed by atoms with Crippen LogP contribution < -0.4 is 15.8 Å². The molecule has 2 aromatic carbocycles. The van der Waals surface area contributed by atoms with E-state index >= 15 is 0 Å². The SMILES string of the molecule is NC1CCCCCC=C[C@@H]2C[C@@]2(C(=O)NS(=O)(=O)C2(Cc3ccccc3)CC2)NC(=O)[C@@H]2C[C@@H](OC(=O)N3Cc4cccc(Cl)c4C3)CN2C1=O. The fraction of sp³-hybridized carbons (Fsp3) is 0.514. The Morgan fingerprint density at radius 3 is 2.57 bits per heavy atom. The highest BCUT2D eigenvalue weighted by Crippen LogP contribution is 2.49. The van der Waals surface area contributed by atoms with Crippen LogP contribution in [-0.2, 0) is 48.7 Å². The molecule has 5 aliphatic rings. The summed E-state index contributed by atoms with van der Waals surface area (Å²) in [6.07, 6.45) is 7.33. The second-order valence-corrected chi connectivity index (χ2v) is 17.2. The summed E-state index contributed by atoms with van der Waals surface area (Å²) in [5.41, 5.74) is 7.47. The number of sulfonamides is 1. The van der Waals surface area contributed by atoms with Crippen LogP contribution in [-0.4, -0.2) is 77.1 Å². The Labute approximate surface area is 303 Å². The molecule has 0 bridgehead atoms. The fourth-order valence-corrected chi connectivity index (χ4v) is 9.65. The van der Waals surface area contributed by atoms with E-state index in [2.05, 4.69) is 10.0 Å². The predicted octanol–water partition coefficient (Wildman–Crippen LogP) is 3.71. The van der Waals surface area contributed by atoms with E-state index in [9.17, 15) is 27.6 Å². The lowest BCUT2D eigenvalue weighted by molar-refractivity contribution is -0.140. The van der Waals surface area contributed by atoms with Crippen LogP contribution in [0.4, 0.5) is 4.79 Å². The summed E-state index contributed by atoms with van der Waals surface area (Å²) in [6, 6.07) is 12.8. The van der Waals surface area contributed by atoms with Crippen molar-refractivity contribution in [2.75, 3.05) is 6.54 Å². The second kappa shape index (κ2) is 13.9. The molecule has 3 fully saturated rings. The van der Waals surface area contributed by atoms with Crippen LogP contribution in [0.25, 0.3) is 0 Å².